The molecular formula is C16H18N2O3. The van der Waals surface area contributed by atoms with Gasteiger partial charge in [0.05, 0.1) is 4.92 Å². The Morgan fingerprint density at radius 1 is 1.19 bits per heavy atom. The highest BCUT2D eigenvalue weighted by atomic mass is 16.6. The Balaban J connectivity index is 2.22. The van der Waals surface area contributed by atoms with Crippen molar-refractivity contribution in [1.82, 2.24) is 0 Å². The third-order valence-electron chi connectivity index (χ3n) is 3.49. The lowest BCUT2D eigenvalue weighted by Gasteiger charge is -2.13. The molecule has 0 radical (unpaired) electrons. The number of hydrogen-bond acceptors (Lipinski definition) is 4. The Morgan fingerprint density at radius 3 is 2.43 bits per heavy atom. The van der Waals surface area contributed by atoms with E-state index in [1.807, 2.05) is 32.0 Å². The SMILES string of the molecule is Cc1cccc(C)c1COc1ccc([N+](=O)[O-])cc1CN. The van der Waals surface area contributed by atoms with Gasteiger partial charge >= 0.3 is 0 Å². The molecule has 0 aliphatic heterocycles. The van der Waals surface area contributed by atoms with Crippen molar-refractivity contribution in [1.29, 1.82) is 0 Å². The summed E-state index contributed by atoms with van der Waals surface area (Å²) in [7, 11) is 0. The monoisotopic (exact) mass is 286 g/mol. The average Bonchev–Trinajstić information content (AvgIpc) is 2.46. The van der Waals surface area contributed by atoms with E-state index in [1.165, 1.54) is 12.1 Å². The summed E-state index contributed by atoms with van der Waals surface area (Å²) in [4.78, 5) is 10.3. The summed E-state index contributed by atoms with van der Waals surface area (Å²) in [6.07, 6.45) is 0. The van der Waals surface area contributed by atoms with Gasteiger partial charge in [0.25, 0.3) is 5.69 Å². The summed E-state index contributed by atoms with van der Waals surface area (Å²) in [5.74, 6) is 0.589. The van der Waals surface area contributed by atoms with Gasteiger partial charge in [-0.2, -0.15) is 0 Å². The number of ether oxygens (including phenoxy) is 1. The first-order chi connectivity index (χ1) is 10.0. The number of nitrogens with two attached hydrogens (primary N) is 1. The first-order valence-electron chi connectivity index (χ1n) is 6.68. The minimum Gasteiger partial charge on any atom is -0.489 e. The minimum atomic E-state index is -0.436. The van der Waals surface area contributed by atoms with Crippen LogP contribution in [0, 0.1) is 24.0 Å². The van der Waals surface area contributed by atoms with Crippen molar-refractivity contribution < 1.29 is 9.66 Å². The van der Waals surface area contributed by atoms with Gasteiger partial charge in [-0.15, -0.1) is 0 Å². The standard InChI is InChI=1S/C16H18N2O3/c1-11-4-3-5-12(2)15(11)10-21-16-7-6-14(18(19)20)8-13(16)9-17/h3-8H,9-10,17H2,1-2H3. The number of nitro benzene ring substituents is 1. The number of nitro groups is 1. The molecule has 0 saturated heterocycles. The van der Waals surface area contributed by atoms with Gasteiger partial charge in [-0.3, -0.25) is 10.1 Å². The van der Waals surface area contributed by atoms with E-state index in [0.29, 0.717) is 17.9 Å². The van der Waals surface area contributed by atoms with E-state index in [0.717, 1.165) is 16.7 Å². The number of rotatable bonds is 5. The maximum absolute atomic E-state index is 10.8. The molecule has 21 heavy (non-hydrogen) atoms. The molecule has 0 heterocycles. The van der Waals surface area contributed by atoms with Crippen LogP contribution in [0.2, 0.25) is 0 Å². The molecule has 0 aromatic heterocycles. The predicted octanol–water partition coefficient (Wildman–Crippen LogP) is 3.25. The molecule has 5 heteroatoms. The fourth-order valence-corrected chi connectivity index (χ4v) is 2.21. The van der Waals surface area contributed by atoms with Crippen LogP contribution < -0.4 is 10.5 Å². The van der Waals surface area contributed by atoms with E-state index in [-0.39, 0.29) is 12.2 Å². The molecule has 0 aliphatic carbocycles. The molecule has 2 rings (SSSR count). The fraction of sp³-hybridized carbons (Fsp3) is 0.250. The summed E-state index contributed by atoms with van der Waals surface area (Å²) in [6, 6.07) is 10.6. The van der Waals surface area contributed by atoms with E-state index in [4.69, 9.17) is 10.5 Å². The highest BCUT2D eigenvalue weighted by molar-refractivity contribution is 5.44. The third-order valence-corrected chi connectivity index (χ3v) is 3.49. The van der Waals surface area contributed by atoms with Crippen LogP contribution >= 0.6 is 0 Å². The Kier molecular flexibility index (Phi) is 4.55. The van der Waals surface area contributed by atoms with Crippen LogP contribution in [0.15, 0.2) is 36.4 Å². The molecule has 5 nitrogen and oxygen atoms in total. The van der Waals surface area contributed by atoms with Crippen LogP contribution in [0.1, 0.15) is 22.3 Å². The van der Waals surface area contributed by atoms with Crippen molar-refractivity contribution in [3.63, 3.8) is 0 Å². The van der Waals surface area contributed by atoms with Gasteiger partial charge in [0.2, 0.25) is 0 Å². The second kappa shape index (κ2) is 6.37. The molecule has 0 fully saturated rings. The highest BCUT2D eigenvalue weighted by Crippen LogP contribution is 2.25. The quantitative estimate of drug-likeness (QED) is 0.676. The Bertz CT molecular complexity index is 648. The van der Waals surface area contributed by atoms with E-state index in [9.17, 15) is 10.1 Å². The molecule has 0 atom stereocenters. The molecule has 0 spiro atoms. The Hall–Kier alpha value is -2.40. The topological polar surface area (TPSA) is 78.4 Å². The van der Waals surface area contributed by atoms with Crippen molar-refractivity contribution in [2.24, 2.45) is 5.73 Å². The average molecular weight is 286 g/mol. The molecule has 0 saturated carbocycles. The molecule has 0 unspecified atom stereocenters. The van der Waals surface area contributed by atoms with Gasteiger partial charge in [0.15, 0.2) is 0 Å². The predicted molar refractivity (Wildman–Crippen MR) is 81.2 cm³/mol. The van der Waals surface area contributed by atoms with Crippen LogP contribution in [-0.4, -0.2) is 4.92 Å². The van der Waals surface area contributed by atoms with Crippen molar-refractivity contribution in [3.05, 3.63) is 68.8 Å². The number of nitrogens with zero attached hydrogens (tertiary/aromatic N) is 1. The zero-order valence-electron chi connectivity index (χ0n) is 12.1. The van der Waals surface area contributed by atoms with Crippen molar-refractivity contribution in [2.45, 2.75) is 27.0 Å². The van der Waals surface area contributed by atoms with Gasteiger partial charge < -0.3 is 10.5 Å². The summed E-state index contributed by atoms with van der Waals surface area (Å²) >= 11 is 0. The van der Waals surface area contributed by atoms with Crippen LogP contribution in [0.4, 0.5) is 5.69 Å². The van der Waals surface area contributed by atoms with Crippen LogP contribution in [0.3, 0.4) is 0 Å². The lowest BCUT2D eigenvalue weighted by molar-refractivity contribution is -0.384. The third kappa shape index (κ3) is 3.38. The second-order valence-electron chi connectivity index (χ2n) is 4.91. The molecule has 0 amide bonds. The normalized spacial score (nSPS) is 10.4. The molecule has 2 N–H and O–H groups in total. The Labute approximate surface area is 123 Å². The van der Waals surface area contributed by atoms with Crippen molar-refractivity contribution in [2.75, 3.05) is 0 Å². The molecule has 2 aromatic carbocycles. The molecule has 0 aliphatic rings. The number of hydrogen-bond donors (Lipinski definition) is 1. The van der Waals surface area contributed by atoms with Crippen LogP contribution in [0.25, 0.3) is 0 Å². The maximum Gasteiger partial charge on any atom is 0.270 e. The summed E-state index contributed by atoms with van der Waals surface area (Å²) in [5.41, 5.74) is 9.74. The lowest BCUT2D eigenvalue weighted by atomic mass is 10.0. The maximum atomic E-state index is 10.8. The number of aryl methyl sites for hydroxylation is 2. The number of benzene rings is 2. The van der Waals surface area contributed by atoms with Gasteiger partial charge in [0, 0.05) is 24.2 Å². The first kappa shape index (κ1) is 15.0. The van der Waals surface area contributed by atoms with Gasteiger partial charge in [-0.25, -0.2) is 0 Å². The van der Waals surface area contributed by atoms with Crippen molar-refractivity contribution in [3.8, 4) is 5.75 Å². The fourth-order valence-electron chi connectivity index (χ4n) is 2.21. The van der Waals surface area contributed by atoms with E-state index in [2.05, 4.69) is 0 Å². The zero-order valence-corrected chi connectivity index (χ0v) is 12.1. The Morgan fingerprint density at radius 2 is 1.86 bits per heavy atom. The van der Waals surface area contributed by atoms with E-state index >= 15 is 0 Å². The van der Waals surface area contributed by atoms with Gasteiger partial charge in [0.1, 0.15) is 12.4 Å². The van der Waals surface area contributed by atoms with Crippen molar-refractivity contribution >= 4 is 5.69 Å². The van der Waals surface area contributed by atoms with E-state index < -0.39 is 4.92 Å². The van der Waals surface area contributed by atoms with Crippen LogP contribution in [-0.2, 0) is 13.2 Å². The van der Waals surface area contributed by atoms with Gasteiger partial charge in [-0.05, 0) is 36.6 Å². The lowest BCUT2D eigenvalue weighted by Crippen LogP contribution is -2.05. The smallest absolute Gasteiger partial charge is 0.270 e. The summed E-state index contributed by atoms with van der Waals surface area (Å²) in [5, 5.41) is 10.8. The largest absolute Gasteiger partial charge is 0.489 e. The van der Waals surface area contributed by atoms with Gasteiger partial charge in [-0.1, -0.05) is 18.2 Å². The summed E-state index contributed by atoms with van der Waals surface area (Å²) in [6.45, 7) is 4.68. The first-order valence-corrected chi connectivity index (χ1v) is 6.68. The summed E-state index contributed by atoms with van der Waals surface area (Å²) < 4.78 is 5.81. The highest BCUT2D eigenvalue weighted by Gasteiger charge is 2.11. The van der Waals surface area contributed by atoms with Crippen LogP contribution in [0.5, 0.6) is 5.75 Å². The van der Waals surface area contributed by atoms with E-state index in [1.54, 1.807) is 6.07 Å². The number of non-ortho nitro benzene ring substituents is 1. The zero-order chi connectivity index (χ0) is 15.4. The minimum absolute atomic E-state index is 0.0230. The molecule has 0 bridgehead atoms. The molecule has 2 aromatic rings. The molecule has 110 valence electrons. The second-order valence-corrected chi connectivity index (χ2v) is 4.91. The molecular weight excluding hydrogens is 268 g/mol.